The third kappa shape index (κ3) is 5.42. The molecular weight excluding hydrogens is 400 g/mol. The number of anilines is 2. The number of hydrogen-bond donors (Lipinski definition) is 2. The van der Waals surface area contributed by atoms with Crippen LogP contribution >= 0.6 is 0 Å². The standard InChI is InChI=1S/C23H29F2N5O/c1-16-3-2-4-22(27-16)29-11-8-18(9-12-29)28-23(31)26-14-17-7-10-30(15-17)19-5-6-20(24)21(25)13-19/h2-6,13,17-18H,7-12,14-15H2,1H3,(H2,26,28,31). The van der Waals surface area contributed by atoms with E-state index in [1.165, 1.54) is 6.07 Å². The van der Waals surface area contributed by atoms with Gasteiger partial charge in [0.05, 0.1) is 0 Å². The molecule has 0 bridgehead atoms. The molecule has 1 aromatic carbocycles. The molecule has 2 amide bonds. The van der Waals surface area contributed by atoms with Gasteiger partial charge in [-0.05, 0) is 56.4 Å². The molecule has 2 fully saturated rings. The van der Waals surface area contributed by atoms with Crippen molar-refractivity contribution in [2.75, 3.05) is 42.5 Å². The highest BCUT2D eigenvalue weighted by atomic mass is 19.2. The van der Waals surface area contributed by atoms with Crippen LogP contribution in [-0.2, 0) is 0 Å². The van der Waals surface area contributed by atoms with E-state index in [1.54, 1.807) is 6.07 Å². The number of aryl methyl sites for hydroxylation is 1. The number of nitrogens with one attached hydrogen (secondary N) is 2. The number of aromatic nitrogens is 1. The second kappa shape index (κ2) is 9.49. The number of carbonyl (C=O) groups excluding carboxylic acids is 1. The minimum Gasteiger partial charge on any atom is -0.371 e. The molecule has 0 radical (unpaired) electrons. The number of hydrogen-bond acceptors (Lipinski definition) is 4. The summed E-state index contributed by atoms with van der Waals surface area (Å²) in [7, 11) is 0. The lowest BCUT2D eigenvalue weighted by atomic mass is 10.1. The first-order valence-electron chi connectivity index (χ1n) is 10.9. The number of carbonyl (C=O) groups is 1. The van der Waals surface area contributed by atoms with E-state index in [9.17, 15) is 13.6 Å². The van der Waals surface area contributed by atoms with Crippen LogP contribution in [0.3, 0.4) is 0 Å². The number of amides is 2. The maximum atomic E-state index is 13.5. The van der Waals surface area contributed by atoms with Gasteiger partial charge in [-0.1, -0.05) is 6.07 Å². The Kier molecular flexibility index (Phi) is 6.53. The smallest absolute Gasteiger partial charge is 0.315 e. The summed E-state index contributed by atoms with van der Waals surface area (Å²) in [5, 5.41) is 6.06. The topological polar surface area (TPSA) is 60.5 Å². The molecule has 3 heterocycles. The molecule has 166 valence electrons. The molecule has 0 aliphatic carbocycles. The summed E-state index contributed by atoms with van der Waals surface area (Å²) < 4.78 is 26.6. The number of pyridine rings is 1. The Labute approximate surface area is 181 Å². The van der Waals surface area contributed by atoms with Crippen LogP contribution in [0, 0.1) is 24.5 Å². The fourth-order valence-corrected chi connectivity index (χ4v) is 4.35. The van der Waals surface area contributed by atoms with Gasteiger partial charge in [0.1, 0.15) is 5.82 Å². The van der Waals surface area contributed by atoms with Crippen LogP contribution in [0.15, 0.2) is 36.4 Å². The average Bonchev–Trinajstić information content (AvgIpc) is 3.24. The van der Waals surface area contributed by atoms with E-state index in [2.05, 4.69) is 20.5 Å². The fourth-order valence-electron chi connectivity index (χ4n) is 4.35. The Bertz CT molecular complexity index is 917. The minimum atomic E-state index is -0.834. The van der Waals surface area contributed by atoms with Crippen molar-refractivity contribution < 1.29 is 13.6 Å². The highest BCUT2D eigenvalue weighted by molar-refractivity contribution is 5.74. The van der Waals surface area contributed by atoms with Gasteiger partial charge in [0, 0.05) is 56.2 Å². The monoisotopic (exact) mass is 429 g/mol. The maximum absolute atomic E-state index is 13.5. The predicted molar refractivity (Wildman–Crippen MR) is 117 cm³/mol. The SMILES string of the molecule is Cc1cccc(N2CCC(NC(=O)NCC3CCN(c4ccc(F)c(F)c4)C3)CC2)n1. The van der Waals surface area contributed by atoms with E-state index >= 15 is 0 Å². The molecule has 2 aliphatic heterocycles. The van der Waals surface area contributed by atoms with Gasteiger partial charge in [0.15, 0.2) is 11.6 Å². The molecule has 1 unspecified atom stereocenters. The van der Waals surface area contributed by atoms with E-state index < -0.39 is 11.6 Å². The number of nitrogens with zero attached hydrogens (tertiary/aromatic N) is 3. The normalized spacial score (nSPS) is 19.5. The molecule has 4 rings (SSSR count). The Morgan fingerprint density at radius 3 is 2.58 bits per heavy atom. The molecule has 2 aromatic rings. The van der Waals surface area contributed by atoms with Gasteiger partial charge in [-0.3, -0.25) is 0 Å². The Morgan fingerprint density at radius 1 is 1.06 bits per heavy atom. The van der Waals surface area contributed by atoms with Gasteiger partial charge in [-0.2, -0.15) is 0 Å². The van der Waals surface area contributed by atoms with Gasteiger partial charge in [-0.25, -0.2) is 18.6 Å². The van der Waals surface area contributed by atoms with E-state index in [0.717, 1.165) is 56.5 Å². The van der Waals surface area contributed by atoms with Gasteiger partial charge >= 0.3 is 6.03 Å². The van der Waals surface area contributed by atoms with E-state index in [-0.39, 0.29) is 18.0 Å². The van der Waals surface area contributed by atoms with Crippen molar-refractivity contribution in [2.45, 2.75) is 32.2 Å². The zero-order valence-electron chi connectivity index (χ0n) is 17.8. The van der Waals surface area contributed by atoms with E-state index in [1.807, 2.05) is 30.0 Å². The van der Waals surface area contributed by atoms with Gasteiger partial charge < -0.3 is 20.4 Å². The van der Waals surface area contributed by atoms with Crippen molar-refractivity contribution in [3.8, 4) is 0 Å². The summed E-state index contributed by atoms with van der Waals surface area (Å²) in [6.07, 6.45) is 2.67. The van der Waals surface area contributed by atoms with Crippen molar-refractivity contribution in [1.29, 1.82) is 0 Å². The van der Waals surface area contributed by atoms with Crippen LogP contribution in [0.4, 0.5) is 25.1 Å². The van der Waals surface area contributed by atoms with Crippen molar-refractivity contribution in [1.82, 2.24) is 15.6 Å². The largest absolute Gasteiger partial charge is 0.371 e. The number of rotatable bonds is 5. The fraction of sp³-hybridized carbons (Fsp3) is 0.478. The minimum absolute atomic E-state index is 0.140. The lowest BCUT2D eigenvalue weighted by Gasteiger charge is -2.33. The molecular formula is C23H29F2N5O. The van der Waals surface area contributed by atoms with Crippen LogP contribution in [0.2, 0.25) is 0 Å². The molecule has 0 spiro atoms. The van der Waals surface area contributed by atoms with Crippen molar-refractivity contribution in [3.63, 3.8) is 0 Å². The van der Waals surface area contributed by atoms with Crippen LogP contribution in [-0.4, -0.2) is 49.8 Å². The van der Waals surface area contributed by atoms with Gasteiger partial charge in [-0.15, -0.1) is 0 Å². The lowest BCUT2D eigenvalue weighted by Crippen LogP contribution is -2.48. The van der Waals surface area contributed by atoms with Gasteiger partial charge in [0.25, 0.3) is 0 Å². The van der Waals surface area contributed by atoms with Crippen LogP contribution < -0.4 is 20.4 Å². The Balaban J connectivity index is 1.18. The molecule has 8 heteroatoms. The zero-order valence-corrected chi connectivity index (χ0v) is 17.8. The predicted octanol–water partition coefficient (Wildman–Crippen LogP) is 3.46. The van der Waals surface area contributed by atoms with E-state index in [0.29, 0.717) is 18.8 Å². The van der Waals surface area contributed by atoms with Gasteiger partial charge in [0.2, 0.25) is 0 Å². The molecule has 0 saturated carbocycles. The molecule has 31 heavy (non-hydrogen) atoms. The number of halogens is 2. The van der Waals surface area contributed by atoms with Crippen LogP contribution in [0.5, 0.6) is 0 Å². The molecule has 2 aliphatic rings. The summed E-state index contributed by atoms with van der Waals surface area (Å²) in [4.78, 5) is 21.2. The Hall–Kier alpha value is -2.90. The first kappa shape index (κ1) is 21.3. The Morgan fingerprint density at radius 2 is 1.84 bits per heavy atom. The highest BCUT2D eigenvalue weighted by Crippen LogP contribution is 2.25. The highest BCUT2D eigenvalue weighted by Gasteiger charge is 2.25. The summed E-state index contributed by atoms with van der Waals surface area (Å²) >= 11 is 0. The number of benzene rings is 1. The number of urea groups is 1. The quantitative estimate of drug-likeness (QED) is 0.764. The van der Waals surface area contributed by atoms with Crippen LogP contribution in [0.25, 0.3) is 0 Å². The molecule has 1 atom stereocenters. The third-order valence-electron chi connectivity index (χ3n) is 6.13. The van der Waals surface area contributed by atoms with Crippen molar-refractivity contribution in [2.24, 2.45) is 5.92 Å². The summed E-state index contributed by atoms with van der Waals surface area (Å²) in [6, 6.07) is 10.0. The summed E-state index contributed by atoms with van der Waals surface area (Å²) in [6.45, 7) is 5.78. The maximum Gasteiger partial charge on any atom is 0.315 e. The second-order valence-electron chi connectivity index (χ2n) is 8.45. The lowest BCUT2D eigenvalue weighted by molar-refractivity contribution is 0.233. The van der Waals surface area contributed by atoms with E-state index in [4.69, 9.17) is 0 Å². The molecule has 1 aromatic heterocycles. The average molecular weight is 430 g/mol. The van der Waals surface area contributed by atoms with Crippen LogP contribution in [0.1, 0.15) is 25.0 Å². The van der Waals surface area contributed by atoms with Crippen molar-refractivity contribution in [3.05, 3.63) is 53.7 Å². The van der Waals surface area contributed by atoms with Crippen molar-refractivity contribution >= 4 is 17.5 Å². The molecule has 2 saturated heterocycles. The second-order valence-corrected chi connectivity index (χ2v) is 8.45. The molecule has 6 nitrogen and oxygen atoms in total. The first-order valence-corrected chi connectivity index (χ1v) is 10.9. The zero-order chi connectivity index (χ0) is 21.8. The number of piperidine rings is 1. The third-order valence-corrected chi connectivity index (χ3v) is 6.13. The molecule has 2 N–H and O–H groups in total. The summed E-state index contributed by atoms with van der Waals surface area (Å²) in [5.74, 6) is -0.385. The summed E-state index contributed by atoms with van der Waals surface area (Å²) in [5.41, 5.74) is 1.69. The first-order chi connectivity index (χ1) is 15.0.